The van der Waals surface area contributed by atoms with Crippen molar-refractivity contribution in [2.75, 3.05) is 13.2 Å². The molecule has 0 saturated carbocycles. The van der Waals surface area contributed by atoms with Crippen LogP contribution in [0.3, 0.4) is 0 Å². The number of amides is 1. The van der Waals surface area contributed by atoms with Gasteiger partial charge in [-0.1, -0.05) is 0 Å². The number of nitrogens with one attached hydrogen (secondary N) is 1. The van der Waals surface area contributed by atoms with Crippen LogP contribution in [0.25, 0.3) is 0 Å². The summed E-state index contributed by atoms with van der Waals surface area (Å²) in [5.41, 5.74) is 0.628. The zero-order valence-electron chi connectivity index (χ0n) is 9.99. The van der Waals surface area contributed by atoms with Gasteiger partial charge in [0, 0.05) is 24.5 Å². The van der Waals surface area contributed by atoms with E-state index in [1.807, 2.05) is 0 Å². The minimum atomic E-state index is -1.47. The third-order valence-corrected chi connectivity index (χ3v) is 2.94. The Hall–Kier alpha value is -1.20. The zero-order chi connectivity index (χ0) is 12.0. The monoisotopic (exact) mass is 238 g/mol. The third-order valence-electron chi connectivity index (χ3n) is 1.87. The number of carbonyl (C=O) groups excluding carboxylic acids is 1. The molecule has 1 N–H and O–H groups in total. The Morgan fingerprint density at radius 3 is 2.56 bits per heavy atom. The van der Waals surface area contributed by atoms with Crippen molar-refractivity contribution in [3.05, 3.63) is 30.1 Å². The van der Waals surface area contributed by atoms with Gasteiger partial charge < -0.3 is 9.74 Å². The maximum atomic E-state index is 11.6. The molecule has 0 atom stereocenters. The Kier molecular flexibility index (Phi) is 4.64. The average molecular weight is 238 g/mol. The molecule has 0 spiro atoms. The Morgan fingerprint density at radius 1 is 1.38 bits per heavy atom. The summed E-state index contributed by atoms with van der Waals surface area (Å²) in [5, 5.41) is 2.80. The van der Waals surface area contributed by atoms with Gasteiger partial charge in [-0.25, -0.2) is 0 Å². The van der Waals surface area contributed by atoms with Gasteiger partial charge in [0.25, 0.3) is 5.91 Å². The second kappa shape index (κ2) is 5.76. The molecule has 0 aromatic carbocycles. The topological polar surface area (TPSA) is 51.2 Å². The maximum absolute atomic E-state index is 11.6. The molecule has 1 amide bonds. The van der Waals surface area contributed by atoms with Gasteiger partial charge in [-0.15, -0.1) is 0 Å². The van der Waals surface area contributed by atoms with Crippen LogP contribution in [0.4, 0.5) is 0 Å². The standard InChI is InChI=1S/C11H18N2O2Si/c1-16(2,3)15-9-8-13-11(14)10-4-6-12-7-5-10/h4-7H,8-9H2,1-3H3,(H,13,14). The molecule has 0 saturated heterocycles. The summed E-state index contributed by atoms with van der Waals surface area (Å²) in [6.45, 7) is 7.49. The summed E-state index contributed by atoms with van der Waals surface area (Å²) in [4.78, 5) is 15.4. The minimum Gasteiger partial charge on any atom is -0.416 e. The van der Waals surface area contributed by atoms with Gasteiger partial charge in [0.2, 0.25) is 0 Å². The van der Waals surface area contributed by atoms with Crippen molar-refractivity contribution in [1.29, 1.82) is 0 Å². The normalized spacial score (nSPS) is 11.2. The van der Waals surface area contributed by atoms with Gasteiger partial charge >= 0.3 is 0 Å². The first kappa shape index (κ1) is 12.9. The quantitative estimate of drug-likeness (QED) is 0.627. The fraction of sp³-hybridized carbons (Fsp3) is 0.455. The third kappa shape index (κ3) is 5.04. The highest BCUT2D eigenvalue weighted by Gasteiger charge is 2.13. The zero-order valence-corrected chi connectivity index (χ0v) is 11.0. The van der Waals surface area contributed by atoms with Crippen molar-refractivity contribution in [2.45, 2.75) is 19.6 Å². The first-order valence-electron chi connectivity index (χ1n) is 5.31. The van der Waals surface area contributed by atoms with E-state index < -0.39 is 8.32 Å². The average Bonchev–Trinajstić information content (AvgIpc) is 2.24. The summed E-state index contributed by atoms with van der Waals surface area (Å²) in [6, 6.07) is 3.38. The summed E-state index contributed by atoms with van der Waals surface area (Å²) in [7, 11) is -1.47. The van der Waals surface area contributed by atoms with E-state index in [0.29, 0.717) is 18.7 Å². The maximum Gasteiger partial charge on any atom is 0.251 e. The Bertz CT molecular complexity index is 336. The lowest BCUT2D eigenvalue weighted by molar-refractivity contribution is 0.0946. The largest absolute Gasteiger partial charge is 0.416 e. The van der Waals surface area contributed by atoms with E-state index >= 15 is 0 Å². The Balaban J connectivity index is 2.27. The molecule has 0 aliphatic rings. The van der Waals surface area contributed by atoms with Crippen LogP contribution in [-0.4, -0.2) is 32.4 Å². The van der Waals surface area contributed by atoms with Crippen LogP contribution in [0.15, 0.2) is 24.5 Å². The second-order valence-corrected chi connectivity index (χ2v) is 8.97. The number of aromatic nitrogens is 1. The number of pyridine rings is 1. The smallest absolute Gasteiger partial charge is 0.251 e. The van der Waals surface area contributed by atoms with Gasteiger partial charge in [0.05, 0.1) is 6.61 Å². The predicted molar refractivity (Wildman–Crippen MR) is 65.9 cm³/mol. The van der Waals surface area contributed by atoms with Crippen LogP contribution in [0, 0.1) is 0 Å². The van der Waals surface area contributed by atoms with Crippen LogP contribution in [0.2, 0.25) is 19.6 Å². The summed E-state index contributed by atoms with van der Waals surface area (Å²) < 4.78 is 5.63. The Labute approximate surface area is 97.2 Å². The molecule has 0 unspecified atom stereocenters. The van der Waals surface area contributed by atoms with Crippen LogP contribution in [-0.2, 0) is 4.43 Å². The van der Waals surface area contributed by atoms with Crippen LogP contribution in [0.1, 0.15) is 10.4 Å². The predicted octanol–water partition coefficient (Wildman–Crippen LogP) is 1.66. The van der Waals surface area contributed by atoms with Crippen molar-refractivity contribution >= 4 is 14.2 Å². The highest BCUT2D eigenvalue weighted by Crippen LogP contribution is 2.01. The number of carbonyl (C=O) groups is 1. The number of hydrogen-bond donors (Lipinski definition) is 1. The van der Waals surface area contributed by atoms with Crippen molar-refractivity contribution in [1.82, 2.24) is 10.3 Å². The van der Waals surface area contributed by atoms with E-state index in [0.717, 1.165) is 0 Å². The van der Waals surface area contributed by atoms with E-state index in [-0.39, 0.29) is 5.91 Å². The first-order chi connectivity index (χ1) is 7.49. The second-order valence-electron chi connectivity index (χ2n) is 4.45. The highest BCUT2D eigenvalue weighted by atomic mass is 28.4. The first-order valence-corrected chi connectivity index (χ1v) is 8.72. The fourth-order valence-corrected chi connectivity index (χ4v) is 1.84. The van der Waals surface area contributed by atoms with Crippen LogP contribution in [0.5, 0.6) is 0 Å². The summed E-state index contributed by atoms with van der Waals surface area (Å²) >= 11 is 0. The minimum absolute atomic E-state index is 0.0819. The molecule has 4 nitrogen and oxygen atoms in total. The molecule has 88 valence electrons. The Morgan fingerprint density at radius 2 is 2.00 bits per heavy atom. The van der Waals surface area contributed by atoms with Crippen molar-refractivity contribution in [3.63, 3.8) is 0 Å². The van der Waals surface area contributed by atoms with Crippen molar-refractivity contribution in [2.24, 2.45) is 0 Å². The molecule has 1 aromatic heterocycles. The van der Waals surface area contributed by atoms with Gasteiger partial charge in [-0.2, -0.15) is 0 Å². The van der Waals surface area contributed by atoms with Gasteiger partial charge in [-0.3, -0.25) is 9.78 Å². The molecule has 0 bridgehead atoms. The fourth-order valence-electron chi connectivity index (χ4n) is 1.13. The molecule has 0 aliphatic carbocycles. The number of hydrogen-bond acceptors (Lipinski definition) is 3. The molecule has 0 radical (unpaired) electrons. The van der Waals surface area contributed by atoms with Gasteiger partial charge in [0.15, 0.2) is 8.32 Å². The van der Waals surface area contributed by atoms with Crippen molar-refractivity contribution in [3.8, 4) is 0 Å². The number of nitrogens with zero attached hydrogens (tertiary/aromatic N) is 1. The van der Waals surface area contributed by atoms with Crippen molar-refractivity contribution < 1.29 is 9.22 Å². The SMILES string of the molecule is C[Si](C)(C)OCCNC(=O)c1ccncc1. The lowest BCUT2D eigenvalue weighted by atomic mass is 10.2. The van der Waals surface area contributed by atoms with Crippen LogP contribution >= 0.6 is 0 Å². The molecular weight excluding hydrogens is 220 g/mol. The van der Waals surface area contributed by atoms with Gasteiger partial charge in [0.1, 0.15) is 0 Å². The van der Waals surface area contributed by atoms with Crippen LogP contribution < -0.4 is 5.32 Å². The highest BCUT2D eigenvalue weighted by molar-refractivity contribution is 6.69. The molecule has 0 aliphatic heterocycles. The van der Waals surface area contributed by atoms with E-state index in [1.54, 1.807) is 24.5 Å². The molecular formula is C11H18N2O2Si. The lowest BCUT2D eigenvalue weighted by Crippen LogP contribution is -2.32. The molecule has 1 rings (SSSR count). The van der Waals surface area contributed by atoms with Gasteiger partial charge in [-0.05, 0) is 31.8 Å². The molecule has 16 heavy (non-hydrogen) atoms. The lowest BCUT2D eigenvalue weighted by Gasteiger charge is -2.17. The van der Waals surface area contributed by atoms with E-state index in [9.17, 15) is 4.79 Å². The molecule has 1 heterocycles. The molecule has 5 heteroatoms. The number of rotatable bonds is 5. The molecule has 1 aromatic rings. The molecule has 0 fully saturated rings. The summed E-state index contributed by atoms with van der Waals surface area (Å²) in [6.07, 6.45) is 3.21. The summed E-state index contributed by atoms with van der Waals surface area (Å²) in [5.74, 6) is -0.0819. The van der Waals surface area contributed by atoms with E-state index in [4.69, 9.17) is 4.43 Å². The van der Waals surface area contributed by atoms with E-state index in [1.165, 1.54) is 0 Å². The van der Waals surface area contributed by atoms with E-state index in [2.05, 4.69) is 29.9 Å².